The van der Waals surface area contributed by atoms with E-state index in [9.17, 15) is 5.11 Å². The van der Waals surface area contributed by atoms with Crippen molar-refractivity contribution in [1.29, 1.82) is 0 Å². The van der Waals surface area contributed by atoms with E-state index in [0.717, 1.165) is 36.7 Å². The second-order valence-electron chi connectivity index (χ2n) is 6.73. The number of halogens is 1. The highest BCUT2D eigenvalue weighted by molar-refractivity contribution is 14.0. The largest absolute Gasteiger partial charge is 0.508 e. The first-order chi connectivity index (χ1) is 13.6. The molecular formula is C20H30IN5O3. The number of hydrogen-bond donors (Lipinski definition) is 2. The van der Waals surface area contributed by atoms with E-state index in [-0.39, 0.29) is 35.8 Å². The van der Waals surface area contributed by atoms with Gasteiger partial charge in [0.05, 0.1) is 26.5 Å². The number of phenols is 1. The molecule has 160 valence electrons. The summed E-state index contributed by atoms with van der Waals surface area (Å²) in [5.74, 6) is 1.75. The van der Waals surface area contributed by atoms with Crippen molar-refractivity contribution in [2.45, 2.75) is 19.4 Å². The summed E-state index contributed by atoms with van der Waals surface area (Å²) in [7, 11) is 3.49. The molecule has 0 amide bonds. The van der Waals surface area contributed by atoms with Crippen molar-refractivity contribution >= 4 is 29.9 Å². The molecule has 2 aromatic rings. The van der Waals surface area contributed by atoms with Gasteiger partial charge in [0.15, 0.2) is 5.96 Å². The van der Waals surface area contributed by atoms with Gasteiger partial charge in [0.1, 0.15) is 17.6 Å². The van der Waals surface area contributed by atoms with Gasteiger partial charge >= 0.3 is 0 Å². The van der Waals surface area contributed by atoms with Gasteiger partial charge in [-0.05, 0) is 25.0 Å². The first kappa shape index (κ1) is 23.3. The topological polar surface area (TPSA) is 84.1 Å². The van der Waals surface area contributed by atoms with Crippen LogP contribution in [0, 0.1) is 0 Å². The molecule has 1 fully saturated rings. The van der Waals surface area contributed by atoms with Crippen LogP contribution >= 0.6 is 24.0 Å². The fourth-order valence-electron chi connectivity index (χ4n) is 3.24. The van der Waals surface area contributed by atoms with Gasteiger partial charge in [-0.15, -0.1) is 24.0 Å². The highest BCUT2D eigenvalue weighted by atomic mass is 127. The molecule has 1 aromatic heterocycles. The summed E-state index contributed by atoms with van der Waals surface area (Å²) >= 11 is 0. The van der Waals surface area contributed by atoms with E-state index in [1.807, 2.05) is 31.6 Å². The number of aromatic hydroxyl groups is 1. The first-order valence-electron chi connectivity index (χ1n) is 9.60. The van der Waals surface area contributed by atoms with Crippen LogP contribution in [0.5, 0.6) is 11.5 Å². The van der Waals surface area contributed by atoms with Crippen molar-refractivity contribution in [2.75, 3.05) is 39.9 Å². The van der Waals surface area contributed by atoms with Crippen molar-refractivity contribution in [1.82, 2.24) is 20.0 Å². The van der Waals surface area contributed by atoms with E-state index in [2.05, 4.69) is 22.2 Å². The highest BCUT2D eigenvalue weighted by Crippen LogP contribution is 2.24. The second-order valence-corrected chi connectivity index (χ2v) is 6.73. The number of aromatic nitrogens is 2. The summed E-state index contributed by atoms with van der Waals surface area (Å²) in [5.41, 5.74) is 1.93. The van der Waals surface area contributed by atoms with Crippen LogP contribution in [0.1, 0.15) is 24.2 Å². The summed E-state index contributed by atoms with van der Waals surface area (Å²) in [6.07, 6.45) is 4.48. The molecule has 0 spiro atoms. The molecule has 3 rings (SSSR count). The summed E-state index contributed by atoms with van der Waals surface area (Å²) in [4.78, 5) is 6.98. The van der Waals surface area contributed by atoms with Crippen LogP contribution in [0.15, 0.2) is 35.6 Å². The summed E-state index contributed by atoms with van der Waals surface area (Å²) in [5, 5.41) is 17.7. The zero-order chi connectivity index (χ0) is 19.9. The Morgan fingerprint density at radius 2 is 2.28 bits per heavy atom. The lowest BCUT2D eigenvalue weighted by Crippen LogP contribution is -2.48. The van der Waals surface area contributed by atoms with Crippen LogP contribution in [0.3, 0.4) is 0 Å². The van der Waals surface area contributed by atoms with Gasteiger partial charge in [0.25, 0.3) is 0 Å². The first-order valence-corrected chi connectivity index (χ1v) is 9.60. The molecule has 1 unspecified atom stereocenters. The maximum absolute atomic E-state index is 10.1. The smallest absolute Gasteiger partial charge is 0.194 e. The van der Waals surface area contributed by atoms with Crippen LogP contribution in [-0.4, -0.2) is 65.6 Å². The van der Waals surface area contributed by atoms with Gasteiger partial charge < -0.3 is 24.8 Å². The molecular weight excluding hydrogens is 485 g/mol. The van der Waals surface area contributed by atoms with Crippen LogP contribution in [0.2, 0.25) is 0 Å². The molecule has 2 heterocycles. The van der Waals surface area contributed by atoms with E-state index in [4.69, 9.17) is 14.5 Å². The third-order valence-electron chi connectivity index (χ3n) is 4.73. The van der Waals surface area contributed by atoms with Gasteiger partial charge in [0, 0.05) is 44.5 Å². The maximum atomic E-state index is 10.1. The number of morpholine rings is 1. The Kier molecular flexibility index (Phi) is 9.02. The van der Waals surface area contributed by atoms with Gasteiger partial charge in [-0.1, -0.05) is 6.07 Å². The fraction of sp³-hybridized carbons (Fsp3) is 0.500. The van der Waals surface area contributed by atoms with E-state index in [0.29, 0.717) is 25.3 Å². The van der Waals surface area contributed by atoms with Gasteiger partial charge in [0.2, 0.25) is 0 Å². The lowest BCUT2D eigenvalue weighted by atomic mass is 10.1. The predicted molar refractivity (Wildman–Crippen MR) is 123 cm³/mol. The Hall–Kier alpha value is -2.01. The number of ether oxygens (including phenoxy) is 2. The molecule has 8 nitrogen and oxygen atoms in total. The quantitative estimate of drug-likeness (QED) is 0.349. The van der Waals surface area contributed by atoms with E-state index < -0.39 is 0 Å². The Labute approximate surface area is 188 Å². The minimum atomic E-state index is -0.0167. The van der Waals surface area contributed by atoms with E-state index in [1.54, 1.807) is 17.9 Å². The molecule has 1 aliphatic rings. The molecule has 2 N–H and O–H groups in total. The number of phenolic OH excluding ortho intramolecular Hbond substituents is 1. The van der Waals surface area contributed by atoms with Crippen molar-refractivity contribution in [3.8, 4) is 11.5 Å². The minimum absolute atomic E-state index is 0. The average molecular weight is 515 g/mol. The number of methoxy groups -OCH3 is 1. The third-order valence-corrected chi connectivity index (χ3v) is 4.73. The number of hydrogen-bond acceptors (Lipinski definition) is 5. The number of rotatable bonds is 6. The highest BCUT2D eigenvalue weighted by Gasteiger charge is 2.25. The molecule has 0 bridgehead atoms. The van der Waals surface area contributed by atoms with E-state index in [1.165, 1.54) is 0 Å². The monoisotopic (exact) mass is 515 g/mol. The average Bonchev–Trinajstić information content (AvgIpc) is 3.15. The van der Waals surface area contributed by atoms with E-state index >= 15 is 0 Å². The number of aryl methyl sites for hydroxylation is 1. The molecule has 1 saturated heterocycles. The van der Waals surface area contributed by atoms with Gasteiger partial charge in [-0.25, -0.2) is 0 Å². The third kappa shape index (κ3) is 6.23. The number of aliphatic imine (C=N–C) groups is 1. The van der Waals surface area contributed by atoms with Crippen molar-refractivity contribution in [2.24, 2.45) is 12.0 Å². The number of nitrogens with one attached hydrogen (secondary N) is 1. The normalized spacial score (nSPS) is 17.0. The molecule has 1 aliphatic heterocycles. The van der Waals surface area contributed by atoms with Crippen LogP contribution in [0.25, 0.3) is 0 Å². The van der Waals surface area contributed by atoms with Crippen LogP contribution in [-0.2, 0) is 18.2 Å². The standard InChI is InChI=1S/C20H29N5O3.HI/c1-4-21-20(22-8-7-15-5-6-17(27-3)11-18(15)26)25-9-10-28-19(14-25)16-12-23-24(2)13-16;/h5-6,11-13,19,26H,4,7-10,14H2,1-3H3,(H,21,22);1H. The van der Waals surface area contributed by atoms with Crippen LogP contribution in [0.4, 0.5) is 0 Å². The molecule has 9 heteroatoms. The molecule has 0 saturated carbocycles. The molecule has 1 aromatic carbocycles. The SMILES string of the molecule is CCNC(=NCCc1ccc(OC)cc1O)N1CCOC(c2cnn(C)c2)C1.I. The zero-order valence-corrected chi connectivity index (χ0v) is 19.5. The van der Waals surface area contributed by atoms with Gasteiger partial charge in [-0.2, -0.15) is 5.10 Å². The van der Waals surface area contributed by atoms with Crippen LogP contribution < -0.4 is 10.1 Å². The fourth-order valence-corrected chi connectivity index (χ4v) is 3.24. The minimum Gasteiger partial charge on any atom is -0.508 e. The Morgan fingerprint density at radius 1 is 1.45 bits per heavy atom. The Bertz CT molecular complexity index is 811. The second kappa shape index (κ2) is 11.2. The molecule has 0 aliphatic carbocycles. The summed E-state index contributed by atoms with van der Waals surface area (Å²) < 4.78 is 12.8. The van der Waals surface area contributed by atoms with Crippen molar-refractivity contribution in [3.05, 3.63) is 41.7 Å². The number of guanidine groups is 1. The van der Waals surface area contributed by atoms with Crippen molar-refractivity contribution in [3.63, 3.8) is 0 Å². The number of benzene rings is 1. The Balaban J connectivity index is 0.00000300. The summed E-state index contributed by atoms with van der Waals surface area (Å²) in [6, 6.07) is 5.36. The summed E-state index contributed by atoms with van der Waals surface area (Å²) in [6.45, 7) is 5.59. The number of nitrogens with zero attached hydrogens (tertiary/aromatic N) is 4. The molecule has 1 atom stereocenters. The Morgan fingerprint density at radius 3 is 2.93 bits per heavy atom. The van der Waals surface area contributed by atoms with Crippen molar-refractivity contribution < 1.29 is 14.6 Å². The zero-order valence-electron chi connectivity index (χ0n) is 17.2. The predicted octanol–water partition coefficient (Wildman–Crippen LogP) is 2.33. The molecule has 29 heavy (non-hydrogen) atoms. The lowest BCUT2D eigenvalue weighted by molar-refractivity contribution is -0.00803. The molecule has 0 radical (unpaired) electrons. The maximum Gasteiger partial charge on any atom is 0.194 e. The lowest BCUT2D eigenvalue weighted by Gasteiger charge is -2.34. The van der Waals surface area contributed by atoms with Gasteiger partial charge in [-0.3, -0.25) is 9.67 Å².